The lowest BCUT2D eigenvalue weighted by molar-refractivity contribution is -0.141. The largest absolute Gasteiger partial charge is 0.468 e. The van der Waals surface area contributed by atoms with Crippen LogP contribution < -0.4 is 11.1 Å². The van der Waals surface area contributed by atoms with Crippen molar-refractivity contribution in [2.75, 3.05) is 19.9 Å². The van der Waals surface area contributed by atoms with Crippen LogP contribution in [0.4, 0.5) is 0 Å². The molecule has 8 heteroatoms. The zero-order chi connectivity index (χ0) is 12.1. The molecular weight excluding hydrogens is 222 g/mol. The summed E-state index contributed by atoms with van der Waals surface area (Å²) in [5.41, 5.74) is 5.40. The average molecular weight is 237 g/mol. The number of esters is 1. The highest BCUT2D eigenvalue weighted by atomic mass is 32.2. The Hall–Kier alpha value is -1.15. The van der Waals surface area contributed by atoms with E-state index in [0.717, 1.165) is 6.26 Å². The summed E-state index contributed by atoms with van der Waals surface area (Å²) >= 11 is 0. The molecule has 0 unspecified atom stereocenters. The van der Waals surface area contributed by atoms with Crippen LogP contribution in [0.15, 0.2) is 4.40 Å². The first-order valence-electron chi connectivity index (χ1n) is 4.10. The molecule has 15 heavy (non-hydrogen) atoms. The molecule has 0 aromatic rings. The maximum absolute atomic E-state index is 10.9. The van der Waals surface area contributed by atoms with Gasteiger partial charge in [-0.15, -0.1) is 0 Å². The molecule has 0 radical (unpaired) electrons. The SMILES string of the molecule is COC(=O)[C@@H](N)CN/C(C)=N\S(C)(=O)=O. The number of nitrogens with zero attached hydrogens (tertiary/aromatic N) is 1. The van der Waals surface area contributed by atoms with Crippen LogP contribution in [-0.2, 0) is 19.6 Å². The Morgan fingerprint density at radius 3 is 2.53 bits per heavy atom. The summed E-state index contributed by atoms with van der Waals surface area (Å²) in [6, 6.07) is -0.847. The third-order valence-electron chi connectivity index (χ3n) is 1.38. The minimum Gasteiger partial charge on any atom is -0.468 e. The van der Waals surface area contributed by atoms with Gasteiger partial charge < -0.3 is 15.8 Å². The number of nitrogens with one attached hydrogen (secondary N) is 1. The number of ether oxygens (including phenoxy) is 1. The summed E-state index contributed by atoms with van der Waals surface area (Å²) in [4.78, 5) is 10.9. The first-order chi connectivity index (χ1) is 6.76. The molecule has 0 aliphatic rings. The molecule has 0 spiro atoms. The number of rotatable bonds is 4. The summed E-state index contributed by atoms with van der Waals surface area (Å²) in [6.07, 6.45) is 0.971. The van der Waals surface area contributed by atoms with Crippen LogP contribution in [0.5, 0.6) is 0 Å². The lowest BCUT2D eigenvalue weighted by Gasteiger charge is -2.10. The molecule has 7 nitrogen and oxygen atoms in total. The van der Waals surface area contributed by atoms with Gasteiger partial charge in [-0.3, -0.25) is 4.79 Å². The number of nitrogens with two attached hydrogens (primary N) is 1. The second kappa shape index (κ2) is 5.66. The van der Waals surface area contributed by atoms with Crippen molar-refractivity contribution in [2.24, 2.45) is 10.1 Å². The molecule has 0 saturated heterocycles. The second-order valence-corrected chi connectivity index (χ2v) is 4.57. The van der Waals surface area contributed by atoms with Crippen LogP contribution in [0.3, 0.4) is 0 Å². The highest BCUT2D eigenvalue weighted by Gasteiger charge is 2.13. The van der Waals surface area contributed by atoms with Gasteiger partial charge in [0.15, 0.2) is 0 Å². The van der Waals surface area contributed by atoms with Gasteiger partial charge in [0, 0.05) is 6.54 Å². The van der Waals surface area contributed by atoms with Gasteiger partial charge in [-0.05, 0) is 6.92 Å². The number of sulfonamides is 1. The summed E-state index contributed by atoms with van der Waals surface area (Å²) in [5.74, 6) is -0.397. The normalized spacial score (nSPS) is 14.5. The van der Waals surface area contributed by atoms with E-state index in [2.05, 4.69) is 14.5 Å². The van der Waals surface area contributed by atoms with Crippen LogP contribution in [0.2, 0.25) is 0 Å². The van der Waals surface area contributed by atoms with Crippen molar-refractivity contribution >= 4 is 21.8 Å². The molecule has 0 aliphatic heterocycles. The first-order valence-corrected chi connectivity index (χ1v) is 5.95. The van der Waals surface area contributed by atoms with Gasteiger partial charge in [-0.2, -0.15) is 4.40 Å². The van der Waals surface area contributed by atoms with Crippen LogP contribution in [-0.4, -0.2) is 46.2 Å². The maximum atomic E-state index is 10.9. The van der Waals surface area contributed by atoms with E-state index in [9.17, 15) is 13.2 Å². The minimum atomic E-state index is -3.43. The van der Waals surface area contributed by atoms with Crippen molar-refractivity contribution < 1.29 is 17.9 Å². The molecule has 0 fully saturated rings. The van der Waals surface area contributed by atoms with E-state index in [0.29, 0.717) is 0 Å². The molecule has 1 atom stereocenters. The molecule has 0 bridgehead atoms. The zero-order valence-corrected chi connectivity index (χ0v) is 9.67. The van der Waals surface area contributed by atoms with E-state index in [1.165, 1.54) is 14.0 Å². The lowest BCUT2D eigenvalue weighted by atomic mass is 10.3. The Labute approximate surface area is 88.7 Å². The molecule has 88 valence electrons. The van der Waals surface area contributed by atoms with Gasteiger partial charge in [0.1, 0.15) is 11.9 Å². The van der Waals surface area contributed by atoms with Gasteiger partial charge in [0.25, 0.3) is 10.0 Å². The highest BCUT2D eigenvalue weighted by molar-refractivity contribution is 7.89. The van der Waals surface area contributed by atoms with Gasteiger partial charge in [-0.1, -0.05) is 0 Å². The molecule has 0 aliphatic carbocycles. The van der Waals surface area contributed by atoms with Crippen molar-refractivity contribution in [1.29, 1.82) is 0 Å². The number of methoxy groups -OCH3 is 1. The molecule has 0 saturated carbocycles. The van der Waals surface area contributed by atoms with Gasteiger partial charge in [-0.25, -0.2) is 8.42 Å². The van der Waals surface area contributed by atoms with Crippen molar-refractivity contribution in [1.82, 2.24) is 5.32 Å². The number of carbonyl (C=O) groups excluding carboxylic acids is 1. The fourth-order valence-electron chi connectivity index (χ4n) is 0.773. The quantitative estimate of drug-likeness (QED) is 0.348. The van der Waals surface area contributed by atoms with Crippen LogP contribution in [0.1, 0.15) is 6.92 Å². The van der Waals surface area contributed by atoms with Crippen LogP contribution in [0.25, 0.3) is 0 Å². The van der Waals surface area contributed by atoms with Gasteiger partial charge in [0.05, 0.1) is 13.4 Å². The summed E-state index contributed by atoms with van der Waals surface area (Å²) in [5, 5.41) is 2.60. The topological polar surface area (TPSA) is 111 Å². The predicted octanol–water partition coefficient (Wildman–Crippen LogP) is -1.55. The molecular formula is C7H15N3O4S. The van der Waals surface area contributed by atoms with E-state index in [1.54, 1.807) is 0 Å². The second-order valence-electron chi connectivity index (χ2n) is 2.92. The third kappa shape index (κ3) is 6.86. The molecule has 0 aromatic carbocycles. The fraction of sp³-hybridized carbons (Fsp3) is 0.714. The highest BCUT2D eigenvalue weighted by Crippen LogP contribution is 1.86. The molecule has 3 N–H and O–H groups in total. The smallest absolute Gasteiger partial charge is 0.324 e. The Kier molecular flexibility index (Phi) is 5.23. The van der Waals surface area contributed by atoms with E-state index in [1.807, 2.05) is 0 Å². The van der Waals surface area contributed by atoms with Crippen molar-refractivity contribution in [3.63, 3.8) is 0 Å². The van der Waals surface area contributed by atoms with E-state index in [-0.39, 0.29) is 12.4 Å². The number of carbonyl (C=O) groups is 1. The number of amidine groups is 1. The molecule has 0 aromatic heterocycles. The first kappa shape index (κ1) is 13.8. The Balaban J connectivity index is 4.18. The van der Waals surface area contributed by atoms with Gasteiger partial charge >= 0.3 is 5.97 Å². The van der Waals surface area contributed by atoms with Crippen molar-refractivity contribution in [2.45, 2.75) is 13.0 Å². The number of hydrogen-bond acceptors (Lipinski definition) is 5. The standard InChI is InChI=1S/C7H15N3O4S/c1-5(10-15(3,12)13)9-4-6(8)7(11)14-2/h6H,4,8H2,1-3H3,(H,9,10)/t6-/m0/s1. The summed E-state index contributed by atoms with van der Waals surface area (Å²) in [6.45, 7) is 1.53. The lowest BCUT2D eigenvalue weighted by Crippen LogP contribution is -2.42. The van der Waals surface area contributed by atoms with E-state index >= 15 is 0 Å². The van der Waals surface area contributed by atoms with Crippen molar-refractivity contribution in [3.8, 4) is 0 Å². The van der Waals surface area contributed by atoms with Crippen molar-refractivity contribution in [3.05, 3.63) is 0 Å². The Morgan fingerprint density at radius 2 is 2.13 bits per heavy atom. The molecule has 0 amide bonds. The number of hydrogen-bond donors (Lipinski definition) is 2. The van der Waals surface area contributed by atoms with E-state index < -0.39 is 22.0 Å². The third-order valence-corrected chi connectivity index (χ3v) is 1.99. The predicted molar refractivity (Wildman–Crippen MR) is 55.9 cm³/mol. The minimum absolute atomic E-state index is 0.0670. The molecule has 0 heterocycles. The summed E-state index contributed by atoms with van der Waals surface area (Å²) < 4.78 is 29.2. The van der Waals surface area contributed by atoms with Crippen LogP contribution in [0, 0.1) is 0 Å². The zero-order valence-electron chi connectivity index (χ0n) is 8.85. The molecule has 0 rings (SSSR count). The summed E-state index contributed by atoms with van der Waals surface area (Å²) in [7, 11) is -2.21. The maximum Gasteiger partial charge on any atom is 0.324 e. The monoisotopic (exact) mass is 237 g/mol. The van der Waals surface area contributed by atoms with E-state index in [4.69, 9.17) is 5.73 Å². The Morgan fingerprint density at radius 1 is 1.60 bits per heavy atom. The fourth-order valence-corrected chi connectivity index (χ4v) is 1.34. The average Bonchev–Trinajstić information content (AvgIpc) is 2.10. The Bertz CT molecular complexity index is 349. The van der Waals surface area contributed by atoms with Crippen LogP contribution >= 0.6 is 0 Å². The van der Waals surface area contributed by atoms with Gasteiger partial charge in [0.2, 0.25) is 0 Å².